The molecule has 3 fully saturated rings. The van der Waals surface area contributed by atoms with Gasteiger partial charge in [0.2, 0.25) is 5.95 Å². The van der Waals surface area contributed by atoms with E-state index >= 15 is 0 Å². The van der Waals surface area contributed by atoms with Gasteiger partial charge in [-0.25, -0.2) is 14.4 Å². The Morgan fingerprint density at radius 1 is 1.17 bits per heavy atom. The molecule has 1 spiro atoms. The lowest BCUT2D eigenvalue weighted by Gasteiger charge is -2.58. The minimum absolute atomic E-state index is 0.223. The van der Waals surface area contributed by atoms with Gasteiger partial charge in [-0.15, -0.1) is 10.2 Å². The third kappa shape index (κ3) is 3.20. The number of rotatable bonds is 3. The second kappa shape index (κ2) is 7.21. The van der Waals surface area contributed by atoms with Crippen LogP contribution in [0.1, 0.15) is 54.5 Å². The van der Waals surface area contributed by atoms with Crippen LogP contribution in [0.15, 0.2) is 24.4 Å². The molecule has 2 saturated carbocycles. The Balaban J connectivity index is 1.15. The number of nitriles is 1. The first-order valence-corrected chi connectivity index (χ1v) is 12.4. The summed E-state index contributed by atoms with van der Waals surface area (Å²) in [7, 11) is 0. The van der Waals surface area contributed by atoms with Crippen LogP contribution in [0.2, 0.25) is 5.02 Å². The van der Waals surface area contributed by atoms with Crippen molar-refractivity contribution in [1.82, 2.24) is 29.6 Å². The molecular weight excluding hydrogens is 467 g/mol. The van der Waals surface area contributed by atoms with E-state index in [9.17, 15) is 9.65 Å². The van der Waals surface area contributed by atoms with E-state index < -0.39 is 5.54 Å². The van der Waals surface area contributed by atoms with Crippen LogP contribution in [0.4, 0.5) is 10.3 Å². The van der Waals surface area contributed by atoms with Crippen LogP contribution in [0.25, 0.3) is 5.69 Å². The molecule has 0 bridgehead atoms. The number of fused-ring (bicyclic) bond motifs is 3. The van der Waals surface area contributed by atoms with Crippen LogP contribution < -0.4 is 4.90 Å². The summed E-state index contributed by atoms with van der Waals surface area (Å²) in [6.45, 7) is 4.69. The van der Waals surface area contributed by atoms with Gasteiger partial charge in [0.15, 0.2) is 11.6 Å². The maximum absolute atomic E-state index is 13.5. The zero-order valence-electron chi connectivity index (χ0n) is 19.4. The fraction of sp³-hybridized carbons (Fsp3) is 0.480. The molecule has 1 saturated heterocycles. The van der Waals surface area contributed by atoms with Crippen molar-refractivity contribution in [3.05, 3.63) is 58.1 Å². The van der Waals surface area contributed by atoms with Gasteiger partial charge in [-0.2, -0.15) is 5.26 Å². The molecule has 4 aliphatic rings. The topological polar surface area (TPSA) is 86.8 Å². The average Bonchev–Trinajstić information content (AvgIpc) is 3.52. The van der Waals surface area contributed by atoms with Gasteiger partial charge >= 0.3 is 0 Å². The summed E-state index contributed by atoms with van der Waals surface area (Å²) < 4.78 is 15.8. The molecule has 35 heavy (non-hydrogen) atoms. The molecule has 2 aliphatic heterocycles. The number of nitrogens with zero attached hydrogens (tertiary/aromatic N) is 8. The number of anilines is 1. The Morgan fingerprint density at radius 3 is 2.69 bits per heavy atom. The van der Waals surface area contributed by atoms with Crippen molar-refractivity contribution in [3.63, 3.8) is 0 Å². The lowest BCUT2D eigenvalue weighted by Crippen LogP contribution is -2.62. The summed E-state index contributed by atoms with van der Waals surface area (Å²) in [5.74, 6) is 2.42. The number of aromatic nitrogens is 5. The molecular formula is C25H24ClFN8. The molecule has 1 aromatic carbocycles. The third-order valence-electron chi connectivity index (χ3n) is 8.23. The molecule has 8 nitrogen and oxygen atoms in total. The third-order valence-corrected chi connectivity index (χ3v) is 8.47. The Bertz CT molecular complexity index is 1390. The van der Waals surface area contributed by atoms with Crippen LogP contribution in [-0.4, -0.2) is 48.3 Å². The van der Waals surface area contributed by atoms with Gasteiger partial charge in [0.25, 0.3) is 0 Å². The standard InChI is InChI=1S/C25H24ClFN8/c1-15-19(27)9-29-23(30-15)33-13-24(14-33)7-17(8-24)22-32-31-21-11-34(25(12-28)4-5-25)10-16-6-18(26)2-3-20(16)35(21)22/h2-3,6,9,17H,4-5,7-8,10-11,13-14H2,1H3. The van der Waals surface area contributed by atoms with Gasteiger partial charge in [0, 0.05) is 36.0 Å². The molecule has 3 aromatic rings. The average molecular weight is 491 g/mol. The summed E-state index contributed by atoms with van der Waals surface area (Å²) in [6, 6.07) is 8.50. The highest BCUT2D eigenvalue weighted by molar-refractivity contribution is 6.30. The first kappa shape index (κ1) is 21.2. The highest BCUT2D eigenvalue weighted by atomic mass is 35.5. The predicted molar refractivity (Wildman–Crippen MR) is 127 cm³/mol. The largest absolute Gasteiger partial charge is 0.340 e. The van der Waals surface area contributed by atoms with Crippen LogP contribution in [0, 0.1) is 29.5 Å². The fourth-order valence-electron chi connectivity index (χ4n) is 6.13. The molecule has 0 atom stereocenters. The van der Waals surface area contributed by atoms with E-state index in [4.69, 9.17) is 11.6 Å². The molecule has 178 valence electrons. The van der Waals surface area contributed by atoms with E-state index in [1.165, 1.54) is 6.20 Å². The van der Waals surface area contributed by atoms with Gasteiger partial charge in [-0.1, -0.05) is 11.6 Å². The van der Waals surface area contributed by atoms with Crippen LogP contribution in [-0.2, 0) is 13.1 Å². The fourth-order valence-corrected chi connectivity index (χ4v) is 6.33. The zero-order valence-corrected chi connectivity index (χ0v) is 20.1. The number of benzene rings is 1. The van der Waals surface area contributed by atoms with Crippen molar-refractivity contribution in [3.8, 4) is 11.8 Å². The van der Waals surface area contributed by atoms with E-state index in [0.717, 1.165) is 61.7 Å². The van der Waals surface area contributed by atoms with Crippen LogP contribution in [0.5, 0.6) is 0 Å². The van der Waals surface area contributed by atoms with Gasteiger partial charge in [-0.3, -0.25) is 9.47 Å². The maximum atomic E-state index is 13.5. The lowest BCUT2D eigenvalue weighted by molar-refractivity contribution is 0.0574. The number of hydrogen-bond acceptors (Lipinski definition) is 7. The summed E-state index contributed by atoms with van der Waals surface area (Å²) in [6.07, 6.45) is 5.08. The summed E-state index contributed by atoms with van der Waals surface area (Å²) in [5, 5.41) is 19.8. The predicted octanol–water partition coefficient (Wildman–Crippen LogP) is 3.91. The molecule has 2 aromatic heterocycles. The number of hydrogen-bond donors (Lipinski definition) is 0. The van der Waals surface area contributed by atoms with E-state index in [0.29, 0.717) is 35.7 Å². The van der Waals surface area contributed by atoms with Gasteiger partial charge in [0.05, 0.1) is 30.2 Å². The Kier molecular flexibility index (Phi) is 4.37. The van der Waals surface area contributed by atoms with Crippen LogP contribution in [0.3, 0.4) is 0 Å². The highest BCUT2D eigenvalue weighted by Crippen LogP contribution is 2.56. The SMILES string of the molecule is Cc1nc(N2CC3(CC(c4nnc5n4-c4ccc(Cl)cc4CN(C4(C#N)CC4)C5)C3)C2)ncc1F. The van der Waals surface area contributed by atoms with Crippen molar-refractivity contribution in [2.45, 2.75) is 57.2 Å². The van der Waals surface area contributed by atoms with E-state index in [2.05, 4.69) is 46.7 Å². The second-order valence-electron chi connectivity index (χ2n) is 10.6. The van der Waals surface area contributed by atoms with Crippen molar-refractivity contribution in [2.75, 3.05) is 18.0 Å². The first-order valence-electron chi connectivity index (χ1n) is 12.0. The molecule has 0 radical (unpaired) electrons. The highest BCUT2D eigenvalue weighted by Gasteiger charge is 2.55. The monoisotopic (exact) mass is 490 g/mol. The Labute approximate surface area is 207 Å². The maximum Gasteiger partial charge on any atom is 0.225 e. The smallest absolute Gasteiger partial charge is 0.225 e. The van der Waals surface area contributed by atoms with E-state index in [-0.39, 0.29) is 11.2 Å². The first-order chi connectivity index (χ1) is 16.9. The Hall–Kier alpha value is -3.09. The van der Waals surface area contributed by atoms with Crippen molar-refractivity contribution in [2.24, 2.45) is 5.41 Å². The summed E-state index contributed by atoms with van der Waals surface area (Å²) in [5.41, 5.74) is 2.36. The normalized spacial score (nSPS) is 21.9. The minimum atomic E-state index is -0.405. The summed E-state index contributed by atoms with van der Waals surface area (Å²) >= 11 is 6.37. The van der Waals surface area contributed by atoms with Crippen molar-refractivity contribution in [1.29, 1.82) is 5.26 Å². The Morgan fingerprint density at radius 2 is 1.97 bits per heavy atom. The molecule has 0 amide bonds. The number of aryl methyl sites for hydroxylation is 1. The van der Waals surface area contributed by atoms with E-state index in [1.54, 1.807) is 6.92 Å². The number of halogens is 2. The lowest BCUT2D eigenvalue weighted by atomic mass is 9.57. The van der Waals surface area contributed by atoms with Crippen LogP contribution >= 0.6 is 11.6 Å². The quantitative estimate of drug-likeness (QED) is 0.550. The molecule has 0 N–H and O–H groups in total. The zero-order chi connectivity index (χ0) is 23.9. The summed E-state index contributed by atoms with van der Waals surface area (Å²) in [4.78, 5) is 12.8. The van der Waals surface area contributed by atoms with Gasteiger partial charge < -0.3 is 4.90 Å². The van der Waals surface area contributed by atoms with Crippen molar-refractivity contribution >= 4 is 17.5 Å². The molecule has 7 rings (SSSR count). The molecule has 10 heteroatoms. The molecule has 0 unspecified atom stereocenters. The van der Waals surface area contributed by atoms with Crippen molar-refractivity contribution < 1.29 is 4.39 Å². The van der Waals surface area contributed by atoms with Gasteiger partial charge in [-0.05, 0) is 56.4 Å². The minimum Gasteiger partial charge on any atom is -0.340 e. The van der Waals surface area contributed by atoms with Gasteiger partial charge in [0.1, 0.15) is 11.4 Å². The molecule has 4 heterocycles. The second-order valence-corrected chi connectivity index (χ2v) is 11.1. The van der Waals surface area contributed by atoms with E-state index in [1.807, 2.05) is 12.1 Å². The molecule has 2 aliphatic carbocycles.